The summed E-state index contributed by atoms with van der Waals surface area (Å²) < 4.78 is 0. The van der Waals surface area contributed by atoms with E-state index in [4.69, 9.17) is 5.26 Å². The van der Waals surface area contributed by atoms with Crippen LogP contribution in [0.5, 0.6) is 0 Å². The van der Waals surface area contributed by atoms with Gasteiger partial charge in [0.05, 0.1) is 18.2 Å². The summed E-state index contributed by atoms with van der Waals surface area (Å²) in [4.78, 5) is 4.18. The lowest BCUT2D eigenvalue weighted by Crippen LogP contribution is -2.42. The molecule has 0 aromatic carbocycles. The van der Waals surface area contributed by atoms with Gasteiger partial charge in [0.1, 0.15) is 0 Å². The molecule has 1 heterocycles. The molecule has 14 heavy (non-hydrogen) atoms. The second-order valence-corrected chi connectivity index (χ2v) is 4.31. The van der Waals surface area contributed by atoms with E-state index >= 15 is 0 Å². The van der Waals surface area contributed by atoms with Gasteiger partial charge in [0.25, 0.3) is 0 Å². The summed E-state index contributed by atoms with van der Waals surface area (Å²) in [7, 11) is 4.03. The minimum absolute atomic E-state index is 0.0999. The molecule has 3 unspecified atom stereocenters. The van der Waals surface area contributed by atoms with Crippen molar-refractivity contribution in [1.29, 1.82) is 5.26 Å². The van der Waals surface area contributed by atoms with E-state index in [0.717, 1.165) is 13.0 Å². The van der Waals surface area contributed by atoms with E-state index < -0.39 is 0 Å². The highest BCUT2D eigenvalue weighted by molar-refractivity contribution is 4.97. The van der Waals surface area contributed by atoms with Crippen LogP contribution in [0.25, 0.3) is 0 Å². The summed E-state index contributed by atoms with van der Waals surface area (Å²) in [6, 6.07) is 2.44. The Kier molecular flexibility index (Phi) is 3.87. The maximum Gasteiger partial charge on any atom is 0.0953 e. The zero-order chi connectivity index (χ0) is 10.7. The van der Waals surface area contributed by atoms with Crippen molar-refractivity contribution in [3.05, 3.63) is 0 Å². The summed E-state index contributed by atoms with van der Waals surface area (Å²) in [5.41, 5.74) is 0. The summed E-state index contributed by atoms with van der Waals surface area (Å²) in [6.45, 7) is 3.43. The molecule has 1 fully saturated rings. The molecular weight excluding hydrogens is 178 g/mol. The second-order valence-electron chi connectivity index (χ2n) is 4.31. The van der Waals surface area contributed by atoms with Gasteiger partial charge in [0.15, 0.2) is 0 Å². The Labute approximate surface area is 85.7 Å². The first-order valence-corrected chi connectivity index (χ1v) is 5.02. The maximum atomic E-state index is 9.56. The highest BCUT2D eigenvalue weighted by Crippen LogP contribution is 2.20. The molecule has 0 aromatic rings. The Bertz CT molecular complexity index is 224. The first kappa shape index (κ1) is 11.4. The molecule has 1 rings (SSSR count). The zero-order valence-electron chi connectivity index (χ0n) is 9.14. The van der Waals surface area contributed by atoms with Crippen LogP contribution in [0, 0.1) is 11.3 Å². The largest absolute Gasteiger partial charge is 0.392 e. The molecule has 1 aliphatic rings. The van der Waals surface area contributed by atoms with Gasteiger partial charge in [-0.25, -0.2) is 0 Å². The lowest BCUT2D eigenvalue weighted by atomic mass is 10.2. The molecular formula is C10H19N3O. The average Bonchev–Trinajstić information content (AvgIpc) is 2.44. The summed E-state index contributed by atoms with van der Waals surface area (Å²) >= 11 is 0. The number of likely N-dealkylation sites (N-methyl/N-ethyl adjacent to an activating group) is 1. The molecule has 0 amide bonds. The molecule has 0 aliphatic carbocycles. The van der Waals surface area contributed by atoms with Gasteiger partial charge in [-0.05, 0) is 27.4 Å². The van der Waals surface area contributed by atoms with E-state index in [2.05, 4.69) is 15.9 Å². The van der Waals surface area contributed by atoms with Gasteiger partial charge in [0, 0.05) is 19.1 Å². The Morgan fingerprint density at radius 3 is 2.79 bits per heavy atom. The van der Waals surface area contributed by atoms with Crippen molar-refractivity contribution in [2.45, 2.75) is 31.5 Å². The number of hydrogen-bond donors (Lipinski definition) is 1. The van der Waals surface area contributed by atoms with Crippen LogP contribution in [0.15, 0.2) is 0 Å². The third-order valence-electron chi connectivity index (χ3n) is 2.69. The molecule has 0 aromatic heterocycles. The fraction of sp³-hybridized carbons (Fsp3) is 0.900. The molecule has 0 spiro atoms. The van der Waals surface area contributed by atoms with E-state index in [1.165, 1.54) is 0 Å². The number of likely N-dealkylation sites (tertiary alicyclic amines) is 1. The third-order valence-corrected chi connectivity index (χ3v) is 2.69. The molecule has 1 saturated heterocycles. The number of aliphatic hydroxyl groups excluding tert-OH is 1. The van der Waals surface area contributed by atoms with Gasteiger partial charge in [-0.3, -0.25) is 4.90 Å². The molecule has 4 heteroatoms. The molecule has 0 bridgehead atoms. The van der Waals surface area contributed by atoms with E-state index in [9.17, 15) is 5.11 Å². The number of rotatable bonds is 3. The van der Waals surface area contributed by atoms with Crippen molar-refractivity contribution in [2.24, 2.45) is 0 Å². The normalized spacial score (nSPS) is 30.6. The maximum absolute atomic E-state index is 9.56. The number of nitrogens with zero attached hydrogens (tertiary/aromatic N) is 3. The molecule has 4 nitrogen and oxygen atoms in total. The summed E-state index contributed by atoms with van der Waals surface area (Å²) in [6.07, 6.45) is 0.514. The first-order valence-electron chi connectivity index (χ1n) is 5.02. The van der Waals surface area contributed by atoms with Crippen molar-refractivity contribution < 1.29 is 5.11 Å². The second kappa shape index (κ2) is 4.74. The van der Waals surface area contributed by atoms with Crippen LogP contribution in [0.1, 0.15) is 13.3 Å². The highest BCUT2D eigenvalue weighted by atomic mass is 16.3. The Morgan fingerprint density at radius 2 is 2.29 bits per heavy atom. The van der Waals surface area contributed by atoms with Gasteiger partial charge in [-0.15, -0.1) is 0 Å². The minimum atomic E-state index is -0.268. The quantitative estimate of drug-likeness (QED) is 0.686. The Hall–Kier alpha value is -0.630. The molecule has 1 N–H and O–H groups in total. The SMILES string of the molecule is CC(C#N)N1CC(O)CC1CN(C)C. The van der Waals surface area contributed by atoms with Crippen LogP contribution in [-0.2, 0) is 0 Å². The van der Waals surface area contributed by atoms with Crippen molar-refractivity contribution in [2.75, 3.05) is 27.2 Å². The zero-order valence-corrected chi connectivity index (χ0v) is 9.14. The molecule has 1 aliphatic heterocycles. The van der Waals surface area contributed by atoms with Crippen LogP contribution < -0.4 is 0 Å². The predicted molar refractivity (Wildman–Crippen MR) is 54.7 cm³/mol. The van der Waals surface area contributed by atoms with Gasteiger partial charge in [0.2, 0.25) is 0 Å². The minimum Gasteiger partial charge on any atom is -0.392 e. The average molecular weight is 197 g/mol. The number of aliphatic hydroxyl groups is 1. The topological polar surface area (TPSA) is 50.5 Å². The number of hydrogen-bond acceptors (Lipinski definition) is 4. The van der Waals surface area contributed by atoms with Crippen LogP contribution in [0.4, 0.5) is 0 Å². The van der Waals surface area contributed by atoms with Crippen molar-refractivity contribution in [1.82, 2.24) is 9.80 Å². The fourth-order valence-electron chi connectivity index (χ4n) is 2.07. The highest BCUT2D eigenvalue weighted by Gasteiger charge is 2.33. The Balaban J connectivity index is 2.59. The van der Waals surface area contributed by atoms with Gasteiger partial charge < -0.3 is 10.0 Å². The van der Waals surface area contributed by atoms with Gasteiger partial charge in [-0.2, -0.15) is 5.26 Å². The van der Waals surface area contributed by atoms with Crippen molar-refractivity contribution in [3.8, 4) is 6.07 Å². The van der Waals surface area contributed by atoms with Gasteiger partial charge >= 0.3 is 0 Å². The monoisotopic (exact) mass is 197 g/mol. The van der Waals surface area contributed by atoms with E-state index in [-0.39, 0.29) is 12.1 Å². The van der Waals surface area contributed by atoms with Gasteiger partial charge in [-0.1, -0.05) is 0 Å². The molecule has 3 atom stereocenters. The fourth-order valence-corrected chi connectivity index (χ4v) is 2.07. The molecule has 0 saturated carbocycles. The number of nitriles is 1. The van der Waals surface area contributed by atoms with E-state index in [1.54, 1.807) is 0 Å². The first-order chi connectivity index (χ1) is 6.54. The van der Waals surface area contributed by atoms with Crippen LogP contribution in [-0.4, -0.2) is 60.3 Å². The lowest BCUT2D eigenvalue weighted by Gasteiger charge is -2.28. The number of β-amino-alcohol motifs (C(OH)–C–C–N with tert-alkyl or cyclic N) is 1. The third kappa shape index (κ3) is 2.68. The van der Waals surface area contributed by atoms with E-state index in [1.807, 2.05) is 21.0 Å². The van der Waals surface area contributed by atoms with Crippen LogP contribution >= 0.6 is 0 Å². The van der Waals surface area contributed by atoms with Crippen LogP contribution in [0.2, 0.25) is 0 Å². The van der Waals surface area contributed by atoms with Crippen molar-refractivity contribution >= 4 is 0 Å². The summed E-state index contributed by atoms with van der Waals surface area (Å²) in [5.74, 6) is 0. The Morgan fingerprint density at radius 1 is 1.64 bits per heavy atom. The molecule has 80 valence electrons. The predicted octanol–water partition coefficient (Wildman–Crippen LogP) is -0.105. The summed E-state index contributed by atoms with van der Waals surface area (Å²) in [5, 5.41) is 18.4. The van der Waals surface area contributed by atoms with E-state index in [0.29, 0.717) is 12.6 Å². The van der Waals surface area contributed by atoms with Crippen LogP contribution in [0.3, 0.4) is 0 Å². The lowest BCUT2D eigenvalue weighted by molar-refractivity contribution is 0.162. The standard InChI is InChI=1S/C10H19N3O/c1-8(5-11)13-7-10(14)4-9(13)6-12(2)3/h8-10,14H,4,6-7H2,1-3H3. The van der Waals surface area contributed by atoms with Crippen molar-refractivity contribution in [3.63, 3.8) is 0 Å². The molecule has 0 radical (unpaired) electrons. The smallest absolute Gasteiger partial charge is 0.0953 e.